The van der Waals surface area contributed by atoms with Crippen LogP contribution in [0.4, 0.5) is 0 Å². The molecule has 0 aromatic rings. The maximum absolute atomic E-state index is 9.93. The molecule has 0 amide bonds. The van der Waals surface area contributed by atoms with Gasteiger partial charge >= 0.3 is 29.8 Å². The summed E-state index contributed by atoms with van der Waals surface area (Å²) in [7, 11) is 0. The summed E-state index contributed by atoms with van der Waals surface area (Å²) in [6, 6.07) is 0. The minimum Gasteiger partial charge on any atom is -0.481 e. The van der Waals surface area contributed by atoms with Crippen LogP contribution in [-0.2, 0) is 24.0 Å². The van der Waals surface area contributed by atoms with Gasteiger partial charge in [0.25, 0.3) is 0 Å². The average molecular weight is 515 g/mol. The third-order valence-electron chi connectivity index (χ3n) is 4.44. The fourth-order valence-corrected chi connectivity index (χ4v) is 0.698. The van der Waals surface area contributed by atoms with Crippen molar-refractivity contribution in [1.29, 1.82) is 0 Å². The molecule has 0 aromatic heterocycles. The van der Waals surface area contributed by atoms with Crippen molar-refractivity contribution >= 4 is 29.8 Å². The molecular formula is C25H54O10. The Morgan fingerprint density at radius 2 is 0.571 bits per heavy atom. The zero-order valence-electron chi connectivity index (χ0n) is 21.6. The molecule has 5 N–H and O–H groups in total. The van der Waals surface area contributed by atoms with E-state index >= 15 is 0 Å². The fraction of sp³-hybridized carbons (Fsp3) is 0.800. The molecule has 0 aliphatic carbocycles. The van der Waals surface area contributed by atoms with Gasteiger partial charge in [0.05, 0.1) is 23.7 Å². The van der Waals surface area contributed by atoms with E-state index in [2.05, 4.69) is 0 Å². The van der Waals surface area contributed by atoms with Crippen molar-refractivity contribution in [2.75, 3.05) is 0 Å². The predicted octanol–water partition coefficient (Wildman–Crippen LogP) is 6.22. The van der Waals surface area contributed by atoms with Crippen LogP contribution in [-0.4, -0.2) is 55.4 Å². The van der Waals surface area contributed by atoms with Crippen molar-refractivity contribution in [3.63, 3.8) is 0 Å². The van der Waals surface area contributed by atoms with Gasteiger partial charge in [0.15, 0.2) is 0 Å². The van der Waals surface area contributed by atoms with E-state index in [1.165, 1.54) is 0 Å². The molecule has 0 saturated carbocycles. The van der Waals surface area contributed by atoms with Gasteiger partial charge in [-0.15, -0.1) is 0 Å². The predicted molar refractivity (Wildman–Crippen MR) is 140 cm³/mol. The van der Waals surface area contributed by atoms with Crippen LogP contribution in [0.25, 0.3) is 0 Å². The largest absolute Gasteiger partial charge is 0.481 e. The Kier molecular flexibility index (Phi) is 47.4. The maximum Gasteiger partial charge on any atom is 0.306 e. The van der Waals surface area contributed by atoms with Gasteiger partial charge < -0.3 is 25.5 Å². The minimum atomic E-state index is -0.745. The molecule has 214 valence electrons. The Hall–Kier alpha value is -2.65. The third kappa shape index (κ3) is 49.5. The molecule has 0 aliphatic rings. The van der Waals surface area contributed by atoms with E-state index in [0.29, 0.717) is 0 Å². The van der Waals surface area contributed by atoms with Crippen molar-refractivity contribution in [2.24, 2.45) is 23.7 Å². The molecule has 0 heterocycles. The molecule has 0 rings (SSSR count). The Morgan fingerprint density at radius 3 is 0.571 bits per heavy atom. The highest BCUT2D eigenvalue weighted by Crippen LogP contribution is 1.99. The second-order valence-electron chi connectivity index (χ2n) is 7.34. The van der Waals surface area contributed by atoms with Crippen LogP contribution in [0, 0.1) is 23.7 Å². The van der Waals surface area contributed by atoms with Crippen LogP contribution >= 0.6 is 0 Å². The molecule has 4 atom stereocenters. The summed E-state index contributed by atoms with van der Waals surface area (Å²) >= 11 is 0. The number of carbonyl (C=O) groups is 5. The van der Waals surface area contributed by atoms with Crippen molar-refractivity contribution in [2.45, 2.75) is 109 Å². The van der Waals surface area contributed by atoms with E-state index in [-0.39, 0.29) is 44.9 Å². The summed E-state index contributed by atoms with van der Waals surface area (Å²) in [4.78, 5) is 49.1. The van der Waals surface area contributed by atoms with E-state index in [1.807, 2.05) is 27.7 Å². The van der Waals surface area contributed by atoms with Crippen LogP contribution in [0.15, 0.2) is 0 Å². The highest BCUT2D eigenvalue weighted by molar-refractivity contribution is 5.70. The van der Waals surface area contributed by atoms with Crippen molar-refractivity contribution < 1.29 is 49.5 Å². The van der Waals surface area contributed by atoms with E-state index in [4.69, 9.17) is 25.5 Å². The Bertz CT molecular complexity index is 452. The van der Waals surface area contributed by atoms with E-state index in [0.717, 1.165) is 25.7 Å². The minimum absolute atomic E-state index is 0. The lowest BCUT2D eigenvalue weighted by Gasteiger charge is -1.96. The Balaban J connectivity index is -0.0000000555. The van der Waals surface area contributed by atoms with Crippen molar-refractivity contribution in [3.8, 4) is 0 Å². The van der Waals surface area contributed by atoms with Crippen LogP contribution < -0.4 is 0 Å². The molecule has 0 saturated heterocycles. The molecule has 10 heteroatoms. The molecule has 0 radical (unpaired) electrons. The highest BCUT2D eigenvalue weighted by atomic mass is 16.4. The van der Waals surface area contributed by atoms with Gasteiger partial charge in [0, 0.05) is 6.42 Å². The Labute approximate surface area is 212 Å². The lowest BCUT2D eigenvalue weighted by molar-refractivity contribution is -0.142. The monoisotopic (exact) mass is 514 g/mol. The van der Waals surface area contributed by atoms with E-state index in [1.54, 1.807) is 34.6 Å². The molecule has 0 spiro atoms. The fourth-order valence-electron chi connectivity index (χ4n) is 0.698. The molecular weight excluding hydrogens is 460 g/mol. The van der Waals surface area contributed by atoms with Crippen LogP contribution in [0.1, 0.15) is 109 Å². The second-order valence-corrected chi connectivity index (χ2v) is 7.34. The zero-order valence-corrected chi connectivity index (χ0v) is 21.6. The average Bonchev–Trinajstić information content (AvgIpc) is 2.77. The first-order valence-electron chi connectivity index (χ1n) is 11.1. The molecule has 0 fully saturated rings. The highest BCUT2D eigenvalue weighted by Gasteiger charge is 2.06. The number of hydrogen-bond acceptors (Lipinski definition) is 5. The second kappa shape index (κ2) is 33.5. The molecule has 4 unspecified atom stereocenters. The third-order valence-corrected chi connectivity index (χ3v) is 4.44. The molecule has 0 bridgehead atoms. The quantitative estimate of drug-likeness (QED) is 0.236. The molecule has 35 heavy (non-hydrogen) atoms. The summed E-state index contributed by atoms with van der Waals surface area (Å²) in [5.41, 5.74) is 0. The van der Waals surface area contributed by atoms with Gasteiger partial charge in [-0.2, -0.15) is 0 Å². The van der Waals surface area contributed by atoms with Crippen molar-refractivity contribution in [1.82, 2.24) is 0 Å². The smallest absolute Gasteiger partial charge is 0.306 e. The SMILES string of the molecule is C.C.CCC(=O)O.CCC(C)C(=O)O.CCC(C)C(=O)O.CCC(C)C(=O)O.CCC(C)C(=O)O. The van der Waals surface area contributed by atoms with Gasteiger partial charge in [-0.1, -0.05) is 77.2 Å². The molecule has 0 aromatic carbocycles. The summed E-state index contributed by atoms with van der Waals surface area (Å²) in [5.74, 6) is -4.29. The summed E-state index contributed by atoms with van der Waals surface area (Å²) in [6.07, 6.45) is 3.09. The summed E-state index contributed by atoms with van der Waals surface area (Å²) in [5, 5.41) is 40.5. The van der Waals surface area contributed by atoms with Gasteiger partial charge in [0.2, 0.25) is 0 Å². The van der Waals surface area contributed by atoms with Gasteiger partial charge in [0.1, 0.15) is 0 Å². The standard InChI is InChI=1S/4C5H10O2.C3H6O2.2CH4/c4*1-3-4(2)5(6)7;1-2-3(4)5;;/h4*4H,3H2,1-2H3,(H,6,7);2H2,1H3,(H,4,5);2*1H4. The maximum atomic E-state index is 9.93. The molecule has 10 nitrogen and oxygen atoms in total. The van der Waals surface area contributed by atoms with Crippen LogP contribution in [0.3, 0.4) is 0 Å². The lowest BCUT2D eigenvalue weighted by Crippen LogP contribution is -2.06. The normalized spacial score (nSPS) is 11.8. The first-order chi connectivity index (χ1) is 15.0. The van der Waals surface area contributed by atoms with Gasteiger partial charge in [-0.3, -0.25) is 24.0 Å². The number of rotatable bonds is 9. The topological polar surface area (TPSA) is 186 Å². The number of carboxylic acid groups (broad SMARTS) is 5. The van der Waals surface area contributed by atoms with E-state index in [9.17, 15) is 24.0 Å². The lowest BCUT2D eigenvalue weighted by atomic mass is 10.1. The summed E-state index contributed by atoms with van der Waals surface area (Å²) < 4.78 is 0. The van der Waals surface area contributed by atoms with Crippen molar-refractivity contribution in [3.05, 3.63) is 0 Å². The number of hydrogen-bond donors (Lipinski definition) is 5. The summed E-state index contributed by atoms with van der Waals surface area (Å²) in [6.45, 7) is 15.8. The molecule has 0 aliphatic heterocycles. The van der Waals surface area contributed by atoms with Gasteiger partial charge in [-0.05, 0) is 25.7 Å². The first-order valence-corrected chi connectivity index (χ1v) is 11.1. The zero-order chi connectivity index (χ0) is 27.7. The van der Waals surface area contributed by atoms with Crippen LogP contribution in [0.2, 0.25) is 0 Å². The number of carboxylic acids is 5. The first kappa shape index (κ1) is 49.5. The Morgan fingerprint density at radius 1 is 0.457 bits per heavy atom. The van der Waals surface area contributed by atoms with E-state index < -0.39 is 29.8 Å². The number of aliphatic carboxylic acids is 5. The van der Waals surface area contributed by atoms with Crippen LogP contribution in [0.5, 0.6) is 0 Å². The van der Waals surface area contributed by atoms with Gasteiger partial charge in [-0.25, -0.2) is 0 Å².